The molecule has 0 aromatic carbocycles. The van der Waals surface area contributed by atoms with E-state index in [1.807, 2.05) is 12.1 Å². The summed E-state index contributed by atoms with van der Waals surface area (Å²) >= 11 is 1.64. The van der Waals surface area contributed by atoms with E-state index >= 15 is 0 Å². The van der Waals surface area contributed by atoms with Gasteiger partial charge < -0.3 is 10.2 Å². The molecule has 1 saturated heterocycles. The maximum absolute atomic E-state index is 5.77. The van der Waals surface area contributed by atoms with Crippen LogP contribution in [0.4, 0.5) is 0 Å². The Morgan fingerprint density at radius 2 is 2.47 bits per heavy atom. The first-order chi connectivity index (χ1) is 9.26. The smallest absolute Gasteiger partial charge is 0.162 e. The van der Waals surface area contributed by atoms with Gasteiger partial charge in [0.15, 0.2) is 10.8 Å². The Labute approximate surface area is 117 Å². The molecule has 3 heterocycles. The number of thiazole rings is 1. The quantitative estimate of drug-likeness (QED) is 0.933. The van der Waals surface area contributed by atoms with E-state index in [1.54, 1.807) is 17.6 Å². The van der Waals surface area contributed by atoms with E-state index < -0.39 is 0 Å². The van der Waals surface area contributed by atoms with E-state index in [0.29, 0.717) is 12.0 Å². The molecule has 2 aromatic rings. The Balaban J connectivity index is 1.68. The van der Waals surface area contributed by atoms with Crippen molar-refractivity contribution in [2.24, 2.45) is 11.7 Å². The summed E-state index contributed by atoms with van der Waals surface area (Å²) in [7, 11) is 0. The Morgan fingerprint density at radius 3 is 3.16 bits per heavy atom. The van der Waals surface area contributed by atoms with Crippen LogP contribution < -0.4 is 5.73 Å². The largest absolute Gasteiger partial charge is 0.462 e. The van der Waals surface area contributed by atoms with Crippen molar-refractivity contribution in [2.45, 2.75) is 25.9 Å². The van der Waals surface area contributed by atoms with E-state index in [1.165, 1.54) is 6.42 Å². The molecule has 0 bridgehead atoms. The second-order valence-corrected chi connectivity index (χ2v) is 6.10. The third-order valence-corrected chi connectivity index (χ3v) is 4.68. The van der Waals surface area contributed by atoms with Gasteiger partial charge in [0.1, 0.15) is 0 Å². The van der Waals surface area contributed by atoms with Gasteiger partial charge in [-0.2, -0.15) is 0 Å². The number of nitrogens with zero attached hydrogens (tertiary/aromatic N) is 2. The van der Waals surface area contributed by atoms with Gasteiger partial charge in [0.25, 0.3) is 0 Å². The van der Waals surface area contributed by atoms with Gasteiger partial charge in [0.2, 0.25) is 0 Å². The van der Waals surface area contributed by atoms with Gasteiger partial charge in [-0.3, -0.25) is 4.90 Å². The molecule has 19 heavy (non-hydrogen) atoms. The van der Waals surface area contributed by atoms with Crippen LogP contribution in [0.2, 0.25) is 0 Å². The summed E-state index contributed by atoms with van der Waals surface area (Å²) in [5.74, 6) is 1.49. The van der Waals surface area contributed by atoms with Crippen LogP contribution in [-0.4, -0.2) is 29.0 Å². The maximum Gasteiger partial charge on any atom is 0.162 e. The van der Waals surface area contributed by atoms with Crippen LogP contribution in [0.5, 0.6) is 0 Å². The van der Waals surface area contributed by atoms with Gasteiger partial charge in [0.05, 0.1) is 12.0 Å². The molecule has 4 nitrogen and oxygen atoms in total. The SMILES string of the molecule is CC1CC(CN)CN1Cc1csc(-c2ccco2)n1. The van der Waals surface area contributed by atoms with Crippen LogP contribution >= 0.6 is 11.3 Å². The molecule has 2 aromatic heterocycles. The van der Waals surface area contributed by atoms with Gasteiger partial charge in [-0.25, -0.2) is 4.98 Å². The van der Waals surface area contributed by atoms with Crippen molar-refractivity contribution in [3.8, 4) is 10.8 Å². The Kier molecular flexibility index (Phi) is 3.68. The van der Waals surface area contributed by atoms with Gasteiger partial charge in [-0.1, -0.05) is 0 Å². The monoisotopic (exact) mass is 277 g/mol. The minimum absolute atomic E-state index is 0.599. The fourth-order valence-electron chi connectivity index (χ4n) is 2.71. The molecule has 0 spiro atoms. The zero-order valence-electron chi connectivity index (χ0n) is 11.1. The van der Waals surface area contributed by atoms with Gasteiger partial charge >= 0.3 is 0 Å². The lowest BCUT2D eigenvalue weighted by Gasteiger charge is -2.19. The Bertz CT molecular complexity index is 523. The molecule has 1 aliphatic rings. The highest BCUT2D eigenvalue weighted by molar-refractivity contribution is 7.13. The number of furan rings is 1. The molecule has 3 rings (SSSR count). The average Bonchev–Trinajstić information content (AvgIpc) is 3.11. The van der Waals surface area contributed by atoms with E-state index in [4.69, 9.17) is 10.2 Å². The first-order valence-electron chi connectivity index (χ1n) is 6.68. The molecule has 1 fully saturated rings. The molecule has 0 saturated carbocycles. The highest BCUT2D eigenvalue weighted by Gasteiger charge is 2.28. The average molecular weight is 277 g/mol. The fraction of sp³-hybridized carbons (Fsp3) is 0.500. The molecule has 2 N–H and O–H groups in total. The van der Waals surface area contributed by atoms with E-state index in [-0.39, 0.29) is 0 Å². The number of aromatic nitrogens is 1. The zero-order valence-corrected chi connectivity index (χ0v) is 11.9. The van der Waals surface area contributed by atoms with Crippen molar-refractivity contribution in [1.29, 1.82) is 0 Å². The van der Waals surface area contributed by atoms with Crippen molar-refractivity contribution in [3.63, 3.8) is 0 Å². The molecule has 5 heteroatoms. The molecule has 2 unspecified atom stereocenters. The van der Waals surface area contributed by atoms with Gasteiger partial charge in [0, 0.05) is 24.5 Å². The third kappa shape index (κ3) is 2.73. The van der Waals surface area contributed by atoms with Crippen molar-refractivity contribution < 1.29 is 4.42 Å². The molecular formula is C14H19N3OS. The standard InChI is InChI=1S/C14H19N3OS/c1-10-5-11(6-15)7-17(10)8-12-9-19-14(16-12)13-3-2-4-18-13/h2-4,9-11H,5-8,15H2,1H3. The summed E-state index contributed by atoms with van der Waals surface area (Å²) in [6.07, 6.45) is 2.89. The summed E-state index contributed by atoms with van der Waals surface area (Å²) in [5.41, 5.74) is 6.89. The lowest BCUT2D eigenvalue weighted by atomic mass is 10.1. The summed E-state index contributed by atoms with van der Waals surface area (Å²) in [6.45, 7) is 5.06. The van der Waals surface area contributed by atoms with Gasteiger partial charge in [-0.05, 0) is 37.9 Å². The van der Waals surface area contributed by atoms with E-state index in [9.17, 15) is 0 Å². The lowest BCUT2D eigenvalue weighted by molar-refractivity contribution is 0.253. The lowest BCUT2D eigenvalue weighted by Crippen LogP contribution is -2.27. The molecule has 1 aliphatic heterocycles. The summed E-state index contributed by atoms with van der Waals surface area (Å²) in [5, 5.41) is 3.09. The van der Waals surface area contributed by atoms with Crippen LogP contribution in [-0.2, 0) is 6.54 Å². The highest BCUT2D eigenvalue weighted by atomic mass is 32.1. The van der Waals surface area contributed by atoms with Gasteiger partial charge in [-0.15, -0.1) is 11.3 Å². The number of hydrogen-bond acceptors (Lipinski definition) is 5. The van der Waals surface area contributed by atoms with Crippen LogP contribution in [0.25, 0.3) is 10.8 Å². The van der Waals surface area contributed by atoms with E-state index in [2.05, 4.69) is 22.2 Å². The van der Waals surface area contributed by atoms with Crippen LogP contribution in [0.15, 0.2) is 28.2 Å². The third-order valence-electron chi connectivity index (χ3n) is 3.77. The molecule has 102 valence electrons. The zero-order chi connectivity index (χ0) is 13.2. The number of hydrogen-bond donors (Lipinski definition) is 1. The first-order valence-corrected chi connectivity index (χ1v) is 7.56. The highest BCUT2D eigenvalue weighted by Crippen LogP contribution is 2.27. The number of rotatable bonds is 4. The minimum Gasteiger partial charge on any atom is -0.462 e. The topological polar surface area (TPSA) is 55.3 Å². The second kappa shape index (κ2) is 5.45. The normalized spacial score (nSPS) is 24.1. The second-order valence-electron chi connectivity index (χ2n) is 5.24. The minimum atomic E-state index is 0.599. The van der Waals surface area contributed by atoms with E-state index in [0.717, 1.165) is 36.1 Å². The molecule has 0 aliphatic carbocycles. The Morgan fingerprint density at radius 1 is 1.58 bits per heavy atom. The predicted octanol–water partition coefficient (Wildman–Crippen LogP) is 2.57. The number of nitrogens with two attached hydrogens (primary N) is 1. The van der Waals surface area contributed by atoms with Crippen molar-refractivity contribution in [2.75, 3.05) is 13.1 Å². The molecular weight excluding hydrogens is 258 g/mol. The van der Waals surface area contributed by atoms with Crippen LogP contribution in [0.1, 0.15) is 19.0 Å². The van der Waals surface area contributed by atoms with Crippen molar-refractivity contribution >= 4 is 11.3 Å². The summed E-state index contributed by atoms with van der Waals surface area (Å²) in [4.78, 5) is 7.12. The number of likely N-dealkylation sites (tertiary alicyclic amines) is 1. The Hall–Kier alpha value is -1.17. The molecule has 0 amide bonds. The summed E-state index contributed by atoms with van der Waals surface area (Å²) < 4.78 is 5.38. The van der Waals surface area contributed by atoms with Crippen molar-refractivity contribution in [1.82, 2.24) is 9.88 Å². The first kappa shape index (κ1) is 12.8. The predicted molar refractivity (Wildman–Crippen MR) is 76.8 cm³/mol. The van der Waals surface area contributed by atoms with Crippen molar-refractivity contribution in [3.05, 3.63) is 29.5 Å². The molecule has 2 atom stereocenters. The summed E-state index contributed by atoms with van der Waals surface area (Å²) in [6, 6.07) is 4.44. The maximum atomic E-state index is 5.77. The fourth-order valence-corrected chi connectivity index (χ4v) is 3.49. The van der Waals surface area contributed by atoms with Crippen LogP contribution in [0.3, 0.4) is 0 Å². The molecule has 0 radical (unpaired) electrons. The van der Waals surface area contributed by atoms with Crippen LogP contribution in [0, 0.1) is 5.92 Å².